The number of alkyl halides is 3. The van der Waals surface area contributed by atoms with E-state index in [1.165, 1.54) is 0 Å². The lowest BCUT2D eigenvalue weighted by Crippen LogP contribution is -2.44. The normalized spacial score (nSPS) is 19.1. The highest BCUT2D eigenvalue weighted by molar-refractivity contribution is 5.48. The van der Waals surface area contributed by atoms with Gasteiger partial charge in [-0.25, -0.2) is 0 Å². The minimum atomic E-state index is -4.16. The Bertz CT molecular complexity index is 420. The Labute approximate surface area is 118 Å². The van der Waals surface area contributed by atoms with Crippen LogP contribution >= 0.6 is 0 Å². The highest BCUT2D eigenvalue weighted by Crippen LogP contribution is 2.37. The van der Waals surface area contributed by atoms with E-state index in [1.54, 1.807) is 19.1 Å². The molecule has 1 atom stereocenters. The molecule has 2 rings (SSSR count). The van der Waals surface area contributed by atoms with Crippen LogP contribution in [0.1, 0.15) is 24.8 Å². The third kappa shape index (κ3) is 3.45. The molecular formula is C15H21F3N2. The first kappa shape index (κ1) is 15.2. The molecule has 112 valence electrons. The van der Waals surface area contributed by atoms with Crippen molar-refractivity contribution in [3.63, 3.8) is 0 Å². The van der Waals surface area contributed by atoms with Crippen molar-refractivity contribution in [2.75, 3.05) is 38.1 Å². The molecule has 0 bridgehead atoms. The van der Waals surface area contributed by atoms with E-state index >= 15 is 0 Å². The largest absolute Gasteiger partial charge is 0.395 e. The highest BCUT2D eigenvalue weighted by atomic mass is 19.4. The molecule has 1 fully saturated rings. The van der Waals surface area contributed by atoms with Crippen molar-refractivity contribution in [3.05, 3.63) is 29.8 Å². The quantitative estimate of drug-likeness (QED) is 0.839. The molecule has 0 saturated carbocycles. The molecule has 1 aromatic rings. The lowest BCUT2D eigenvalue weighted by Gasteiger charge is -2.34. The van der Waals surface area contributed by atoms with Gasteiger partial charge in [0, 0.05) is 31.9 Å². The third-order valence-corrected chi connectivity index (χ3v) is 3.97. The van der Waals surface area contributed by atoms with E-state index in [0.29, 0.717) is 5.56 Å². The van der Waals surface area contributed by atoms with Gasteiger partial charge < -0.3 is 9.80 Å². The monoisotopic (exact) mass is 286 g/mol. The SMILES string of the molecule is CC[C@H](c1ccc(N2CCN(C)CC2)cc1)C(F)(F)F. The van der Waals surface area contributed by atoms with Gasteiger partial charge in [-0.05, 0) is 31.2 Å². The van der Waals surface area contributed by atoms with Crippen molar-refractivity contribution in [3.8, 4) is 0 Å². The van der Waals surface area contributed by atoms with Crippen molar-refractivity contribution < 1.29 is 13.2 Å². The van der Waals surface area contributed by atoms with Crippen LogP contribution in [0.4, 0.5) is 18.9 Å². The van der Waals surface area contributed by atoms with Gasteiger partial charge in [-0.1, -0.05) is 19.1 Å². The number of benzene rings is 1. The Kier molecular flexibility index (Phi) is 4.58. The molecule has 0 spiro atoms. The number of likely N-dealkylation sites (N-methyl/N-ethyl adjacent to an activating group) is 1. The molecule has 0 unspecified atom stereocenters. The smallest absolute Gasteiger partial charge is 0.369 e. The van der Waals surface area contributed by atoms with E-state index in [0.717, 1.165) is 31.9 Å². The fourth-order valence-electron chi connectivity index (χ4n) is 2.64. The van der Waals surface area contributed by atoms with Crippen molar-refractivity contribution >= 4 is 5.69 Å². The first-order valence-corrected chi connectivity index (χ1v) is 7.02. The maximum atomic E-state index is 12.9. The summed E-state index contributed by atoms with van der Waals surface area (Å²) in [5.41, 5.74) is 1.37. The average Bonchev–Trinajstić information content (AvgIpc) is 2.40. The summed E-state index contributed by atoms with van der Waals surface area (Å²) in [5, 5.41) is 0. The number of halogens is 3. The van der Waals surface area contributed by atoms with Crippen molar-refractivity contribution in [2.45, 2.75) is 25.4 Å². The van der Waals surface area contributed by atoms with E-state index in [1.807, 2.05) is 12.1 Å². The second-order valence-electron chi connectivity index (χ2n) is 5.38. The number of rotatable bonds is 3. The number of hydrogen-bond donors (Lipinski definition) is 0. The van der Waals surface area contributed by atoms with Crippen LogP contribution in [0.2, 0.25) is 0 Å². The van der Waals surface area contributed by atoms with E-state index in [9.17, 15) is 13.2 Å². The van der Waals surface area contributed by atoms with Crippen molar-refractivity contribution in [1.29, 1.82) is 0 Å². The van der Waals surface area contributed by atoms with Gasteiger partial charge in [-0.2, -0.15) is 13.2 Å². The molecular weight excluding hydrogens is 265 g/mol. The zero-order valence-corrected chi connectivity index (χ0v) is 12.0. The molecule has 1 saturated heterocycles. The Morgan fingerprint density at radius 1 is 1.05 bits per heavy atom. The lowest BCUT2D eigenvalue weighted by atomic mass is 9.95. The summed E-state index contributed by atoms with van der Waals surface area (Å²) in [5.74, 6) is -1.36. The zero-order chi connectivity index (χ0) is 14.8. The molecule has 1 aromatic carbocycles. The molecule has 0 aliphatic carbocycles. The third-order valence-electron chi connectivity index (χ3n) is 3.97. The predicted octanol–water partition coefficient (Wildman–Crippen LogP) is 3.49. The Balaban J connectivity index is 2.10. The van der Waals surface area contributed by atoms with Crippen LogP contribution in [-0.2, 0) is 0 Å². The van der Waals surface area contributed by atoms with Crippen LogP contribution in [0.3, 0.4) is 0 Å². The highest BCUT2D eigenvalue weighted by Gasteiger charge is 2.39. The molecule has 5 heteroatoms. The van der Waals surface area contributed by atoms with E-state index in [4.69, 9.17) is 0 Å². The minimum Gasteiger partial charge on any atom is -0.369 e. The number of hydrogen-bond acceptors (Lipinski definition) is 2. The van der Waals surface area contributed by atoms with E-state index < -0.39 is 12.1 Å². The second kappa shape index (κ2) is 6.04. The second-order valence-corrected chi connectivity index (χ2v) is 5.38. The summed E-state index contributed by atoms with van der Waals surface area (Å²) in [6, 6.07) is 6.87. The zero-order valence-electron chi connectivity index (χ0n) is 12.0. The van der Waals surface area contributed by atoms with Crippen LogP contribution in [0.25, 0.3) is 0 Å². The molecule has 0 N–H and O–H groups in total. The lowest BCUT2D eigenvalue weighted by molar-refractivity contribution is -0.151. The van der Waals surface area contributed by atoms with Gasteiger partial charge in [-0.15, -0.1) is 0 Å². The van der Waals surface area contributed by atoms with E-state index in [-0.39, 0.29) is 6.42 Å². The maximum Gasteiger partial charge on any atom is 0.395 e. The number of piperazine rings is 1. The van der Waals surface area contributed by atoms with Gasteiger partial charge in [0.15, 0.2) is 0 Å². The summed E-state index contributed by atoms with van der Waals surface area (Å²) in [4.78, 5) is 4.47. The molecule has 20 heavy (non-hydrogen) atoms. The van der Waals surface area contributed by atoms with Gasteiger partial charge in [0.1, 0.15) is 0 Å². The van der Waals surface area contributed by atoms with Gasteiger partial charge in [0.2, 0.25) is 0 Å². The molecule has 0 amide bonds. The molecule has 1 aliphatic rings. The first-order valence-electron chi connectivity index (χ1n) is 7.02. The number of nitrogens with zero attached hydrogens (tertiary/aromatic N) is 2. The molecule has 0 aromatic heterocycles. The summed E-state index contributed by atoms with van der Waals surface area (Å²) in [7, 11) is 2.08. The Morgan fingerprint density at radius 3 is 2.05 bits per heavy atom. The van der Waals surface area contributed by atoms with Crippen LogP contribution < -0.4 is 4.90 Å². The van der Waals surface area contributed by atoms with Crippen molar-refractivity contribution in [1.82, 2.24) is 4.90 Å². The summed E-state index contributed by atoms with van der Waals surface area (Å²) in [6.07, 6.45) is -4.08. The standard InChI is InChI=1S/C15H21F3N2/c1-3-14(15(16,17)18)12-4-6-13(7-5-12)20-10-8-19(2)9-11-20/h4-7,14H,3,8-11H2,1-2H3/t14-/m1/s1. The summed E-state index contributed by atoms with van der Waals surface area (Å²) < 4.78 is 38.7. The topological polar surface area (TPSA) is 6.48 Å². The van der Waals surface area contributed by atoms with Crippen LogP contribution in [0, 0.1) is 0 Å². The Hall–Kier alpha value is -1.23. The number of anilines is 1. The fraction of sp³-hybridized carbons (Fsp3) is 0.600. The van der Waals surface area contributed by atoms with Crippen LogP contribution in [-0.4, -0.2) is 44.3 Å². The molecule has 1 heterocycles. The summed E-state index contributed by atoms with van der Waals surface area (Å²) in [6.45, 7) is 5.40. The minimum absolute atomic E-state index is 0.0807. The van der Waals surface area contributed by atoms with Crippen LogP contribution in [0.5, 0.6) is 0 Å². The maximum absolute atomic E-state index is 12.9. The molecule has 1 aliphatic heterocycles. The van der Waals surface area contributed by atoms with E-state index in [2.05, 4.69) is 16.8 Å². The average molecular weight is 286 g/mol. The van der Waals surface area contributed by atoms with Gasteiger partial charge in [0.25, 0.3) is 0 Å². The molecule has 0 radical (unpaired) electrons. The van der Waals surface area contributed by atoms with Crippen LogP contribution in [0.15, 0.2) is 24.3 Å². The predicted molar refractivity (Wildman–Crippen MR) is 75.2 cm³/mol. The Morgan fingerprint density at radius 2 is 1.60 bits per heavy atom. The van der Waals surface area contributed by atoms with Crippen molar-refractivity contribution in [2.24, 2.45) is 0 Å². The van der Waals surface area contributed by atoms with Gasteiger partial charge in [0.05, 0.1) is 5.92 Å². The summed E-state index contributed by atoms with van der Waals surface area (Å²) >= 11 is 0. The molecule has 2 nitrogen and oxygen atoms in total. The fourth-order valence-corrected chi connectivity index (χ4v) is 2.64. The van der Waals surface area contributed by atoms with Gasteiger partial charge >= 0.3 is 6.18 Å². The first-order chi connectivity index (χ1) is 9.41. The van der Waals surface area contributed by atoms with Gasteiger partial charge in [-0.3, -0.25) is 0 Å².